The highest BCUT2D eigenvalue weighted by Crippen LogP contribution is 2.15. The molecule has 5 nitrogen and oxygen atoms in total. The van der Waals surface area contributed by atoms with Crippen molar-refractivity contribution < 1.29 is 9.53 Å². The van der Waals surface area contributed by atoms with E-state index >= 15 is 0 Å². The van der Waals surface area contributed by atoms with Crippen LogP contribution in [0.5, 0.6) is 5.75 Å². The molecule has 104 valence electrons. The molecule has 0 aliphatic carbocycles. The van der Waals surface area contributed by atoms with Crippen LogP contribution in [0.3, 0.4) is 0 Å². The minimum Gasteiger partial charge on any atom is -0.494 e. The largest absolute Gasteiger partial charge is 0.494 e. The molecule has 1 aliphatic rings. The Morgan fingerprint density at radius 3 is 2.63 bits per heavy atom. The van der Waals surface area contributed by atoms with Gasteiger partial charge in [-0.2, -0.15) is 0 Å². The van der Waals surface area contributed by atoms with Crippen molar-refractivity contribution in [1.29, 1.82) is 0 Å². The highest BCUT2D eigenvalue weighted by Gasteiger charge is 2.15. The second-order valence-corrected chi connectivity index (χ2v) is 4.58. The molecule has 1 aliphatic heterocycles. The third-order valence-corrected chi connectivity index (χ3v) is 3.10. The molecule has 2 amide bonds. The number of hydrogen-bond acceptors (Lipinski definition) is 3. The van der Waals surface area contributed by atoms with Crippen LogP contribution in [0.15, 0.2) is 24.3 Å². The van der Waals surface area contributed by atoms with Crippen LogP contribution in [-0.2, 0) is 0 Å². The zero-order chi connectivity index (χ0) is 13.5. The van der Waals surface area contributed by atoms with E-state index in [9.17, 15) is 4.79 Å². The number of nitrogens with one attached hydrogen (secondary N) is 3. The number of rotatable bonds is 4. The lowest BCUT2D eigenvalue weighted by Crippen LogP contribution is -2.44. The van der Waals surface area contributed by atoms with E-state index in [2.05, 4.69) is 16.0 Å². The summed E-state index contributed by atoms with van der Waals surface area (Å²) in [6.45, 7) is 4.52. The van der Waals surface area contributed by atoms with Gasteiger partial charge in [0, 0.05) is 11.7 Å². The Balaban J connectivity index is 1.80. The van der Waals surface area contributed by atoms with Crippen molar-refractivity contribution >= 4 is 11.7 Å². The zero-order valence-corrected chi connectivity index (χ0v) is 11.2. The standard InChI is InChI=1S/C14H21N3O2/c1-2-19-13-5-3-11(4-6-13)16-14(18)17-12-7-9-15-10-8-12/h3-6,12,15H,2,7-10H2,1H3,(H2,16,17,18). The van der Waals surface area contributed by atoms with Crippen LogP contribution in [0, 0.1) is 0 Å². The molecular weight excluding hydrogens is 242 g/mol. The van der Waals surface area contributed by atoms with Gasteiger partial charge in [-0.15, -0.1) is 0 Å². The van der Waals surface area contributed by atoms with E-state index < -0.39 is 0 Å². The summed E-state index contributed by atoms with van der Waals surface area (Å²) >= 11 is 0. The van der Waals surface area contributed by atoms with E-state index in [1.54, 1.807) is 0 Å². The predicted octanol–water partition coefficient (Wildman–Crippen LogP) is 1.96. The number of urea groups is 1. The molecule has 0 atom stereocenters. The van der Waals surface area contributed by atoms with Crippen LogP contribution >= 0.6 is 0 Å². The summed E-state index contributed by atoms with van der Waals surface area (Å²) in [6, 6.07) is 7.51. The Hall–Kier alpha value is -1.75. The molecule has 3 N–H and O–H groups in total. The Kier molecular flexibility index (Phi) is 5.03. The molecule has 19 heavy (non-hydrogen) atoms. The zero-order valence-electron chi connectivity index (χ0n) is 11.2. The SMILES string of the molecule is CCOc1ccc(NC(=O)NC2CCNCC2)cc1. The predicted molar refractivity (Wildman–Crippen MR) is 75.7 cm³/mol. The van der Waals surface area contributed by atoms with E-state index in [1.807, 2.05) is 31.2 Å². The molecule has 1 heterocycles. The van der Waals surface area contributed by atoms with Crippen molar-refractivity contribution in [2.24, 2.45) is 0 Å². The van der Waals surface area contributed by atoms with Gasteiger partial charge in [0.25, 0.3) is 0 Å². The summed E-state index contributed by atoms with van der Waals surface area (Å²) in [5, 5.41) is 9.09. The minimum absolute atomic E-state index is 0.143. The van der Waals surface area contributed by atoms with Crippen LogP contribution in [0.2, 0.25) is 0 Å². The van der Waals surface area contributed by atoms with Crippen molar-refractivity contribution in [3.8, 4) is 5.75 Å². The second-order valence-electron chi connectivity index (χ2n) is 4.58. The molecule has 0 aromatic heterocycles. The molecule has 0 spiro atoms. The second kappa shape index (κ2) is 6.99. The van der Waals surface area contributed by atoms with Gasteiger partial charge in [0.05, 0.1) is 6.61 Å². The van der Waals surface area contributed by atoms with Gasteiger partial charge in [0.2, 0.25) is 0 Å². The van der Waals surface area contributed by atoms with Crippen LogP contribution in [0.25, 0.3) is 0 Å². The topological polar surface area (TPSA) is 62.4 Å². The molecule has 1 aromatic carbocycles. The summed E-state index contributed by atoms with van der Waals surface area (Å²) in [5.41, 5.74) is 0.773. The fourth-order valence-corrected chi connectivity index (χ4v) is 2.12. The maximum Gasteiger partial charge on any atom is 0.319 e. The van der Waals surface area contributed by atoms with E-state index in [4.69, 9.17) is 4.74 Å². The number of benzene rings is 1. The number of anilines is 1. The highest BCUT2D eigenvalue weighted by atomic mass is 16.5. The lowest BCUT2D eigenvalue weighted by Gasteiger charge is -2.23. The summed E-state index contributed by atoms with van der Waals surface area (Å²) in [5.74, 6) is 0.812. The van der Waals surface area contributed by atoms with E-state index in [0.717, 1.165) is 37.4 Å². The summed E-state index contributed by atoms with van der Waals surface area (Å²) < 4.78 is 5.35. The van der Waals surface area contributed by atoms with Gasteiger partial charge in [-0.25, -0.2) is 4.79 Å². The summed E-state index contributed by atoms with van der Waals surface area (Å²) in [6.07, 6.45) is 1.97. The minimum atomic E-state index is -0.143. The number of carbonyl (C=O) groups excluding carboxylic acids is 1. The Morgan fingerprint density at radius 1 is 1.32 bits per heavy atom. The van der Waals surface area contributed by atoms with Crippen molar-refractivity contribution in [3.05, 3.63) is 24.3 Å². The van der Waals surface area contributed by atoms with Crippen molar-refractivity contribution in [3.63, 3.8) is 0 Å². The fourth-order valence-electron chi connectivity index (χ4n) is 2.12. The molecule has 0 unspecified atom stereocenters. The summed E-state index contributed by atoms with van der Waals surface area (Å²) in [4.78, 5) is 11.8. The molecule has 1 saturated heterocycles. The molecule has 0 saturated carbocycles. The first kappa shape index (κ1) is 13.7. The third-order valence-electron chi connectivity index (χ3n) is 3.10. The summed E-state index contributed by atoms with van der Waals surface area (Å²) in [7, 11) is 0. The van der Waals surface area contributed by atoms with Crippen molar-refractivity contribution in [2.45, 2.75) is 25.8 Å². The van der Waals surface area contributed by atoms with Crippen LogP contribution in [0.1, 0.15) is 19.8 Å². The number of amides is 2. The van der Waals surface area contributed by atoms with Crippen molar-refractivity contribution in [1.82, 2.24) is 10.6 Å². The molecule has 0 radical (unpaired) electrons. The van der Waals surface area contributed by atoms with Gasteiger partial charge < -0.3 is 20.7 Å². The number of hydrogen-bond donors (Lipinski definition) is 3. The van der Waals surface area contributed by atoms with Gasteiger partial charge in [-0.05, 0) is 57.1 Å². The molecular formula is C14H21N3O2. The lowest BCUT2D eigenvalue weighted by molar-refractivity contribution is 0.245. The van der Waals surface area contributed by atoms with E-state index in [-0.39, 0.29) is 12.1 Å². The Morgan fingerprint density at radius 2 is 2.00 bits per heavy atom. The average molecular weight is 263 g/mol. The normalized spacial score (nSPS) is 15.8. The molecule has 1 fully saturated rings. The average Bonchev–Trinajstić information content (AvgIpc) is 2.42. The van der Waals surface area contributed by atoms with Gasteiger partial charge >= 0.3 is 6.03 Å². The maximum atomic E-state index is 11.8. The van der Waals surface area contributed by atoms with Gasteiger partial charge in [0.15, 0.2) is 0 Å². The van der Waals surface area contributed by atoms with Gasteiger partial charge in [0.1, 0.15) is 5.75 Å². The van der Waals surface area contributed by atoms with Crippen LogP contribution < -0.4 is 20.7 Å². The van der Waals surface area contributed by atoms with Crippen molar-refractivity contribution in [2.75, 3.05) is 25.0 Å². The Labute approximate surface area is 113 Å². The lowest BCUT2D eigenvalue weighted by atomic mass is 10.1. The van der Waals surface area contributed by atoms with Gasteiger partial charge in [-0.1, -0.05) is 0 Å². The first-order chi connectivity index (χ1) is 9.28. The fraction of sp³-hybridized carbons (Fsp3) is 0.500. The molecule has 0 bridgehead atoms. The number of ether oxygens (including phenoxy) is 1. The maximum absolute atomic E-state index is 11.8. The smallest absolute Gasteiger partial charge is 0.319 e. The van der Waals surface area contributed by atoms with E-state index in [0.29, 0.717) is 6.61 Å². The third kappa shape index (κ3) is 4.44. The first-order valence-corrected chi connectivity index (χ1v) is 6.79. The van der Waals surface area contributed by atoms with Crippen LogP contribution in [-0.4, -0.2) is 31.8 Å². The molecule has 2 rings (SSSR count). The number of piperidine rings is 1. The van der Waals surface area contributed by atoms with Crippen LogP contribution in [0.4, 0.5) is 10.5 Å². The Bertz CT molecular complexity index is 400. The first-order valence-electron chi connectivity index (χ1n) is 6.79. The quantitative estimate of drug-likeness (QED) is 0.778. The molecule has 5 heteroatoms. The van der Waals surface area contributed by atoms with E-state index in [1.165, 1.54) is 0 Å². The highest BCUT2D eigenvalue weighted by molar-refractivity contribution is 5.89. The number of carbonyl (C=O) groups is 1. The molecule has 1 aromatic rings. The monoisotopic (exact) mass is 263 g/mol. The van der Waals surface area contributed by atoms with Gasteiger partial charge in [-0.3, -0.25) is 0 Å².